The Bertz CT molecular complexity index is 1770. The van der Waals surface area contributed by atoms with Crippen molar-refractivity contribution in [2.24, 2.45) is 5.10 Å². The molecule has 9 heteroatoms. The van der Waals surface area contributed by atoms with Gasteiger partial charge in [0, 0.05) is 22.3 Å². The van der Waals surface area contributed by atoms with Crippen LogP contribution < -0.4 is 20.2 Å². The number of ether oxygens (including phenoxy) is 2. The summed E-state index contributed by atoms with van der Waals surface area (Å²) >= 11 is 0. The average Bonchev–Trinajstić information content (AvgIpc) is 3.61. The highest BCUT2D eigenvalue weighted by molar-refractivity contribution is 6.53. The lowest BCUT2D eigenvalue weighted by Crippen LogP contribution is -2.23. The first-order valence-corrected chi connectivity index (χ1v) is 12.8. The van der Waals surface area contributed by atoms with Crippen molar-refractivity contribution in [1.29, 1.82) is 0 Å². The summed E-state index contributed by atoms with van der Waals surface area (Å²) in [5.41, 5.74) is 8.66. The van der Waals surface area contributed by atoms with Crippen molar-refractivity contribution in [2.75, 3.05) is 19.5 Å². The Morgan fingerprint density at radius 2 is 1.46 bits per heavy atom. The van der Waals surface area contributed by atoms with Crippen LogP contribution in [0.5, 0.6) is 11.5 Å². The van der Waals surface area contributed by atoms with Crippen molar-refractivity contribution in [3.05, 3.63) is 114 Å². The first-order valence-electron chi connectivity index (χ1n) is 12.8. The minimum atomic E-state index is -0.434. The number of para-hydroxylation sites is 1. The van der Waals surface area contributed by atoms with E-state index in [-0.39, 0.29) is 11.6 Å². The fourth-order valence-electron chi connectivity index (χ4n) is 4.59. The maximum atomic E-state index is 12.9. The third-order valence-electron chi connectivity index (χ3n) is 6.77. The van der Waals surface area contributed by atoms with E-state index < -0.39 is 5.91 Å². The van der Waals surface area contributed by atoms with Gasteiger partial charge in [0.25, 0.3) is 11.8 Å². The molecule has 1 aliphatic heterocycles. The highest BCUT2D eigenvalue weighted by Crippen LogP contribution is 2.31. The quantitative estimate of drug-likeness (QED) is 0.271. The first-order chi connectivity index (χ1) is 20.0. The lowest BCUT2D eigenvalue weighted by Gasteiger charge is -2.09. The predicted molar refractivity (Wildman–Crippen MR) is 157 cm³/mol. The zero-order chi connectivity index (χ0) is 28.3. The third kappa shape index (κ3) is 5.04. The fourth-order valence-corrected chi connectivity index (χ4v) is 4.59. The van der Waals surface area contributed by atoms with Crippen LogP contribution in [-0.4, -0.2) is 41.5 Å². The standard InChI is InChI=1S/C32H25N5O4/c1-40-24-15-9-20(10-16-24)28-19-29(21-11-17-25(41-2)18-12-21)37(36-28)23-13-7-22(8-14-23)31(38)35-34-30-26-5-3-4-6-27(26)33-32(30)39/h3-19H,1-2H3,(H,35,38)(H,33,34,39). The molecule has 0 saturated heterocycles. The van der Waals surface area contributed by atoms with Gasteiger partial charge in [0.05, 0.1) is 37.0 Å². The molecule has 0 atom stereocenters. The molecule has 0 unspecified atom stereocenters. The van der Waals surface area contributed by atoms with Gasteiger partial charge < -0.3 is 14.8 Å². The topological polar surface area (TPSA) is 107 Å². The summed E-state index contributed by atoms with van der Waals surface area (Å²) in [6, 6.07) is 31.7. The van der Waals surface area contributed by atoms with Gasteiger partial charge in [-0.2, -0.15) is 10.2 Å². The molecular weight excluding hydrogens is 518 g/mol. The summed E-state index contributed by atoms with van der Waals surface area (Å²) in [5, 5.41) is 11.7. The second kappa shape index (κ2) is 10.8. The number of hydrazone groups is 1. The molecule has 2 heterocycles. The van der Waals surface area contributed by atoms with Crippen LogP contribution in [0.4, 0.5) is 5.69 Å². The van der Waals surface area contributed by atoms with E-state index in [9.17, 15) is 9.59 Å². The molecule has 0 aliphatic carbocycles. The summed E-state index contributed by atoms with van der Waals surface area (Å²) in [6.45, 7) is 0. The van der Waals surface area contributed by atoms with Gasteiger partial charge in [0.15, 0.2) is 5.71 Å². The Morgan fingerprint density at radius 1 is 0.829 bits per heavy atom. The number of aromatic nitrogens is 2. The van der Waals surface area contributed by atoms with Crippen molar-refractivity contribution in [1.82, 2.24) is 15.2 Å². The first kappa shape index (κ1) is 25.6. The molecule has 4 aromatic carbocycles. The normalized spacial score (nSPS) is 13.0. The number of nitrogens with zero attached hydrogens (tertiary/aromatic N) is 3. The van der Waals surface area contributed by atoms with Crippen LogP contribution in [0, 0.1) is 0 Å². The van der Waals surface area contributed by atoms with Crippen LogP contribution in [0.15, 0.2) is 108 Å². The SMILES string of the molecule is COc1ccc(-c2cc(-c3ccc(OC)cc3)n(-c3ccc(C(=O)NN=C4C(=O)Nc5ccccc54)cc3)n2)cc1. The van der Waals surface area contributed by atoms with Gasteiger partial charge >= 0.3 is 0 Å². The largest absolute Gasteiger partial charge is 0.497 e. The van der Waals surface area contributed by atoms with Crippen molar-refractivity contribution >= 4 is 23.2 Å². The number of hydrogen-bond acceptors (Lipinski definition) is 6. The smallest absolute Gasteiger partial charge is 0.276 e. The number of fused-ring (bicyclic) bond motifs is 1. The number of anilines is 1. The molecule has 1 aliphatic rings. The van der Waals surface area contributed by atoms with Gasteiger partial charge in [-0.05, 0) is 84.9 Å². The number of benzene rings is 4. The summed E-state index contributed by atoms with van der Waals surface area (Å²) < 4.78 is 12.5. The molecule has 41 heavy (non-hydrogen) atoms. The minimum Gasteiger partial charge on any atom is -0.497 e. The Morgan fingerprint density at radius 3 is 2.12 bits per heavy atom. The number of hydrogen-bond donors (Lipinski definition) is 2. The molecule has 0 fully saturated rings. The second-order valence-electron chi connectivity index (χ2n) is 9.23. The molecule has 0 radical (unpaired) electrons. The Balaban J connectivity index is 1.30. The van der Waals surface area contributed by atoms with E-state index in [2.05, 4.69) is 15.8 Å². The summed E-state index contributed by atoms with van der Waals surface area (Å²) in [5.74, 6) is 0.725. The maximum absolute atomic E-state index is 12.9. The predicted octanol–water partition coefficient (Wildman–Crippen LogP) is 5.31. The van der Waals surface area contributed by atoms with E-state index in [0.717, 1.165) is 39.7 Å². The zero-order valence-corrected chi connectivity index (χ0v) is 22.3. The highest BCUT2D eigenvalue weighted by atomic mass is 16.5. The van der Waals surface area contributed by atoms with Crippen LogP contribution >= 0.6 is 0 Å². The molecule has 1 aromatic heterocycles. The molecule has 2 N–H and O–H groups in total. The molecule has 0 spiro atoms. The zero-order valence-electron chi connectivity index (χ0n) is 22.3. The van der Waals surface area contributed by atoms with Gasteiger partial charge in [-0.1, -0.05) is 18.2 Å². The van der Waals surface area contributed by atoms with Crippen LogP contribution in [-0.2, 0) is 4.79 Å². The summed E-state index contributed by atoms with van der Waals surface area (Å²) in [4.78, 5) is 25.2. The fraction of sp³-hybridized carbons (Fsp3) is 0.0625. The van der Waals surface area contributed by atoms with Gasteiger partial charge in [-0.25, -0.2) is 10.1 Å². The van der Waals surface area contributed by atoms with Crippen LogP contribution in [0.3, 0.4) is 0 Å². The minimum absolute atomic E-state index is 0.164. The Labute approximate surface area is 236 Å². The highest BCUT2D eigenvalue weighted by Gasteiger charge is 2.25. The number of carbonyl (C=O) groups is 2. The second-order valence-corrected chi connectivity index (χ2v) is 9.23. The van der Waals surface area contributed by atoms with E-state index in [4.69, 9.17) is 14.6 Å². The summed E-state index contributed by atoms with van der Waals surface area (Å²) in [6.07, 6.45) is 0. The van der Waals surface area contributed by atoms with Gasteiger partial charge in [0.2, 0.25) is 0 Å². The van der Waals surface area contributed by atoms with Crippen molar-refractivity contribution in [2.45, 2.75) is 0 Å². The molecule has 0 bridgehead atoms. The molecular formula is C32H25N5O4. The maximum Gasteiger partial charge on any atom is 0.276 e. The Hall–Kier alpha value is -5.70. The summed E-state index contributed by atoms with van der Waals surface area (Å²) in [7, 11) is 3.26. The lowest BCUT2D eigenvalue weighted by molar-refractivity contribution is -0.110. The van der Waals surface area contributed by atoms with E-state index in [1.54, 1.807) is 38.5 Å². The van der Waals surface area contributed by atoms with Gasteiger partial charge in [-0.3, -0.25) is 9.59 Å². The van der Waals surface area contributed by atoms with E-state index >= 15 is 0 Å². The molecule has 202 valence electrons. The van der Waals surface area contributed by atoms with Crippen LogP contribution in [0.2, 0.25) is 0 Å². The van der Waals surface area contributed by atoms with Crippen LogP contribution in [0.25, 0.3) is 28.2 Å². The molecule has 2 amide bonds. The number of rotatable bonds is 7. The number of carbonyl (C=O) groups excluding carboxylic acids is 2. The average molecular weight is 544 g/mol. The van der Waals surface area contributed by atoms with Gasteiger partial charge in [-0.15, -0.1) is 0 Å². The number of nitrogens with one attached hydrogen (secondary N) is 2. The number of methoxy groups -OCH3 is 2. The molecule has 5 aromatic rings. The van der Waals surface area contributed by atoms with Gasteiger partial charge in [0.1, 0.15) is 11.5 Å². The van der Waals surface area contributed by atoms with Crippen molar-refractivity contribution in [3.8, 4) is 39.7 Å². The van der Waals surface area contributed by atoms with Crippen molar-refractivity contribution in [3.63, 3.8) is 0 Å². The van der Waals surface area contributed by atoms with Crippen LogP contribution in [0.1, 0.15) is 15.9 Å². The monoisotopic (exact) mass is 543 g/mol. The molecule has 9 nitrogen and oxygen atoms in total. The van der Waals surface area contributed by atoms with E-state index in [0.29, 0.717) is 16.8 Å². The number of amides is 2. The Kier molecular flexibility index (Phi) is 6.75. The third-order valence-corrected chi connectivity index (χ3v) is 6.77. The van der Waals surface area contributed by atoms with Crippen molar-refractivity contribution < 1.29 is 19.1 Å². The molecule has 6 rings (SSSR count). The lowest BCUT2D eigenvalue weighted by atomic mass is 10.1. The van der Waals surface area contributed by atoms with E-state index in [1.807, 2.05) is 83.5 Å². The van der Waals surface area contributed by atoms with E-state index in [1.165, 1.54) is 0 Å². The molecule has 0 saturated carbocycles.